The molecule has 0 radical (unpaired) electrons. The van der Waals surface area contributed by atoms with Crippen LogP contribution in [0.3, 0.4) is 0 Å². The predicted molar refractivity (Wildman–Crippen MR) is 90.6 cm³/mol. The number of rotatable bonds is 10. The summed E-state index contributed by atoms with van der Waals surface area (Å²) in [6, 6.07) is 0. The lowest BCUT2D eigenvalue weighted by Gasteiger charge is -2.19. The Balaban J connectivity index is 3.58. The molecule has 0 aliphatic rings. The van der Waals surface area contributed by atoms with E-state index < -0.39 is 11.7 Å². The minimum atomic E-state index is -0.549. The summed E-state index contributed by atoms with van der Waals surface area (Å²) in [4.78, 5) is 33.7. The third-order valence-electron chi connectivity index (χ3n) is 2.78. The Kier molecular flexibility index (Phi) is 11.2. The molecule has 0 saturated carbocycles. The van der Waals surface area contributed by atoms with Crippen LogP contribution in [0.5, 0.6) is 0 Å². The van der Waals surface area contributed by atoms with E-state index in [1.54, 1.807) is 20.8 Å². The molecule has 0 rings (SSSR count). The Hall–Kier alpha value is -2.12. The first-order valence-corrected chi connectivity index (χ1v) is 8.08. The quantitative estimate of drug-likeness (QED) is 0.273. The van der Waals surface area contributed by atoms with Crippen LogP contribution in [-0.2, 0) is 19.1 Å². The van der Waals surface area contributed by atoms with Gasteiger partial charge in [0, 0.05) is 19.1 Å². The van der Waals surface area contributed by atoms with Gasteiger partial charge >= 0.3 is 12.1 Å². The lowest BCUT2D eigenvalue weighted by atomic mass is 10.1. The molecule has 2 amide bonds. The number of carbonyl (C=O) groups excluding carboxylic acids is 3. The van der Waals surface area contributed by atoms with Gasteiger partial charge in [-0.2, -0.15) is 5.10 Å². The van der Waals surface area contributed by atoms with Gasteiger partial charge in [0.05, 0.1) is 13.7 Å². The highest BCUT2D eigenvalue weighted by molar-refractivity contribution is 5.77. The molecule has 0 aliphatic carbocycles. The van der Waals surface area contributed by atoms with Gasteiger partial charge in [-0.1, -0.05) is 12.8 Å². The third kappa shape index (κ3) is 14.8. The number of nitrogens with zero attached hydrogens (tertiary/aromatic N) is 1. The summed E-state index contributed by atoms with van der Waals surface area (Å²) < 4.78 is 9.59. The number of hydrogen-bond acceptors (Lipinski definition) is 6. The van der Waals surface area contributed by atoms with Crippen molar-refractivity contribution in [3.8, 4) is 0 Å². The normalized spacial score (nSPS) is 11.2. The molecule has 0 fully saturated rings. The van der Waals surface area contributed by atoms with E-state index in [1.807, 2.05) is 0 Å². The molecule has 0 aromatic rings. The average Bonchev–Trinajstić information content (AvgIpc) is 2.48. The van der Waals surface area contributed by atoms with Crippen molar-refractivity contribution in [3.63, 3.8) is 0 Å². The van der Waals surface area contributed by atoms with Crippen LogP contribution in [0, 0.1) is 0 Å². The second kappa shape index (κ2) is 12.3. The monoisotopic (exact) mass is 343 g/mol. The second-order valence-corrected chi connectivity index (χ2v) is 6.22. The molecule has 8 nitrogen and oxygen atoms in total. The van der Waals surface area contributed by atoms with E-state index in [-0.39, 0.29) is 18.4 Å². The number of carbonyl (C=O) groups is 3. The maximum Gasteiger partial charge on any atom is 0.407 e. The highest BCUT2D eigenvalue weighted by Crippen LogP contribution is 2.06. The SMILES string of the molecule is COC(=O)CCCCCCC(=O)N/N=C/CNC(=O)OC(C)(C)C. The summed E-state index contributed by atoms with van der Waals surface area (Å²) in [6.45, 7) is 5.49. The van der Waals surface area contributed by atoms with Gasteiger partial charge in [0.25, 0.3) is 0 Å². The fourth-order valence-electron chi connectivity index (χ4n) is 1.67. The lowest BCUT2D eigenvalue weighted by molar-refractivity contribution is -0.140. The predicted octanol–water partition coefficient (Wildman–Crippen LogP) is 2.13. The number of esters is 1. The smallest absolute Gasteiger partial charge is 0.407 e. The zero-order valence-electron chi connectivity index (χ0n) is 15.0. The van der Waals surface area contributed by atoms with Gasteiger partial charge in [-0.25, -0.2) is 10.2 Å². The van der Waals surface area contributed by atoms with Gasteiger partial charge in [-0.15, -0.1) is 0 Å². The molecule has 0 aromatic carbocycles. The summed E-state index contributed by atoms with van der Waals surface area (Å²) in [5.74, 6) is -0.390. The van der Waals surface area contributed by atoms with Gasteiger partial charge in [-0.05, 0) is 33.6 Å². The van der Waals surface area contributed by atoms with E-state index in [1.165, 1.54) is 13.3 Å². The highest BCUT2D eigenvalue weighted by atomic mass is 16.6. The molecule has 0 unspecified atom stereocenters. The zero-order valence-corrected chi connectivity index (χ0v) is 15.0. The number of hydrogen-bond donors (Lipinski definition) is 2. The van der Waals surface area contributed by atoms with Crippen molar-refractivity contribution < 1.29 is 23.9 Å². The Morgan fingerprint density at radius 3 is 2.25 bits per heavy atom. The molecule has 0 saturated heterocycles. The van der Waals surface area contributed by atoms with E-state index in [9.17, 15) is 14.4 Å². The van der Waals surface area contributed by atoms with Crippen molar-refractivity contribution in [1.82, 2.24) is 10.7 Å². The maximum absolute atomic E-state index is 11.5. The molecule has 138 valence electrons. The van der Waals surface area contributed by atoms with E-state index in [0.29, 0.717) is 12.8 Å². The van der Waals surface area contributed by atoms with Crippen molar-refractivity contribution in [2.24, 2.45) is 5.10 Å². The third-order valence-corrected chi connectivity index (χ3v) is 2.78. The number of amides is 2. The highest BCUT2D eigenvalue weighted by Gasteiger charge is 2.15. The number of unbranched alkanes of at least 4 members (excludes halogenated alkanes) is 3. The van der Waals surface area contributed by atoms with Crippen LogP contribution < -0.4 is 10.7 Å². The maximum atomic E-state index is 11.5. The molecule has 24 heavy (non-hydrogen) atoms. The largest absolute Gasteiger partial charge is 0.469 e. The van der Waals surface area contributed by atoms with Crippen LogP contribution in [0.1, 0.15) is 59.3 Å². The van der Waals surface area contributed by atoms with Crippen LogP contribution in [0.25, 0.3) is 0 Å². The van der Waals surface area contributed by atoms with Gasteiger partial charge in [-0.3, -0.25) is 9.59 Å². The number of ether oxygens (including phenoxy) is 2. The molecular formula is C16H29N3O5. The van der Waals surface area contributed by atoms with Crippen molar-refractivity contribution >= 4 is 24.2 Å². The molecule has 0 spiro atoms. The lowest BCUT2D eigenvalue weighted by Crippen LogP contribution is -2.33. The summed E-state index contributed by atoms with van der Waals surface area (Å²) in [6.07, 6.45) is 4.89. The van der Waals surface area contributed by atoms with Crippen LogP contribution in [0.2, 0.25) is 0 Å². The van der Waals surface area contributed by atoms with Gasteiger partial charge in [0.15, 0.2) is 0 Å². The van der Waals surface area contributed by atoms with Gasteiger partial charge in [0.1, 0.15) is 5.60 Å². The van der Waals surface area contributed by atoms with Crippen molar-refractivity contribution in [2.75, 3.05) is 13.7 Å². The topological polar surface area (TPSA) is 106 Å². The molecule has 0 aliphatic heterocycles. The van der Waals surface area contributed by atoms with E-state index in [4.69, 9.17) is 4.74 Å². The van der Waals surface area contributed by atoms with E-state index >= 15 is 0 Å². The van der Waals surface area contributed by atoms with Crippen LogP contribution in [0.4, 0.5) is 4.79 Å². The number of hydrazone groups is 1. The van der Waals surface area contributed by atoms with E-state index in [2.05, 4.69) is 20.6 Å². The fraction of sp³-hybridized carbons (Fsp3) is 0.750. The minimum absolute atomic E-state index is 0.169. The molecular weight excluding hydrogens is 314 g/mol. The Morgan fingerprint density at radius 2 is 1.67 bits per heavy atom. The van der Waals surface area contributed by atoms with Crippen LogP contribution in [0.15, 0.2) is 5.10 Å². The Bertz CT molecular complexity index is 430. The summed E-state index contributed by atoms with van der Waals surface area (Å²) in [5, 5.41) is 6.23. The van der Waals surface area contributed by atoms with Gasteiger partial charge < -0.3 is 14.8 Å². The summed E-state index contributed by atoms with van der Waals surface area (Å²) in [5.41, 5.74) is 1.84. The van der Waals surface area contributed by atoms with Crippen LogP contribution in [-0.4, -0.2) is 43.4 Å². The Labute approximate surface area is 143 Å². The fourth-order valence-corrected chi connectivity index (χ4v) is 1.67. The number of nitrogens with one attached hydrogen (secondary N) is 2. The van der Waals surface area contributed by atoms with E-state index in [0.717, 1.165) is 25.7 Å². The molecule has 2 N–H and O–H groups in total. The molecule has 8 heteroatoms. The first-order chi connectivity index (χ1) is 11.2. The number of alkyl carbamates (subject to hydrolysis) is 1. The standard InChI is InChI=1S/C16H29N3O5/c1-16(2,3)24-15(22)17-11-12-18-19-13(20)9-7-5-6-8-10-14(21)23-4/h12H,5-11H2,1-4H3,(H,17,22)(H,19,20)/b18-12+. The average molecular weight is 343 g/mol. The molecule has 0 atom stereocenters. The molecule has 0 aromatic heterocycles. The first kappa shape index (κ1) is 21.9. The minimum Gasteiger partial charge on any atom is -0.469 e. The van der Waals surface area contributed by atoms with Crippen molar-refractivity contribution in [2.45, 2.75) is 64.9 Å². The first-order valence-electron chi connectivity index (χ1n) is 8.08. The molecule has 0 bridgehead atoms. The molecule has 0 heterocycles. The van der Waals surface area contributed by atoms with Crippen LogP contribution >= 0.6 is 0 Å². The Morgan fingerprint density at radius 1 is 1.04 bits per heavy atom. The zero-order chi connectivity index (χ0) is 18.4. The summed E-state index contributed by atoms with van der Waals surface area (Å²) >= 11 is 0. The van der Waals surface area contributed by atoms with Gasteiger partial charge in [0.2, 0.25) is 5.91 Å². The van der Waals surface area contributed by atoms with Crippen molar-refractivity contribution in [3.05, 3.63) is 0 Å². The second-order valence-electron chi connectivity index (χ2n) is 6.22. The number of methoxy groups -OCH3 is 1. The van der Waals surface area contributed by atoms with Crippen molar-refractivity contribution in [1.29, 1.82) is 0 Å². The summed E-state index contributed by atoms with van der Waals surface area (Å²) in [7, 11) is 1.37.